The van der Waals surface area contributed by atoms with Crippen LogP contribution in [0.5, 0.6) is 0 Å². The number of rotatable bonds is 12. The van der Waals surface area contributed by atoms with E-state index in [4.69, 9.17) is 18.9 Å². The maximum Gasteiger partial charge on any atom is 0.310 e. The summed E-state index contributed by atoms with van der Waals surface area (Å²) in [5.74, 6) is -1.50. The van der Waals surface area contributed by atoms with E-state index in [9.17, 15) is 19.2 Å². The van der Waals surface area contributed by atoms with Crippen LogP contribution in [0.15, 0.2) is 12.4 Å². The Balaban J connectivity index is 2.35. The summed E-state index contributed by atoms with van der Waals surface area (Å²) in [6, 6.07) is 0. The Kier molecular flexibility index (Phi) is 9.71. The first kappa shape index (κ1) is 25.7. The molecule has 2 heterocycles. The highest BCUT2D eigenvalue weighted by Crippen LogP contribution is 2.25. The second kappa shape index (κ2) is 12.5. The highest BCUT2D eigenvalue weighted by Gasteiger charge is 2.21. The van der Waals surface area contributed by atoms with Gasteiger partial charge in [0, 0.05) is 43.0 Å². The standard InChI is InChI=1S/C23H30N2O8/c1-30-20(26)7-5-14-12-24-19(17(14)10-23(29)33-4)11-18-16(6-8-21(27)31-2)15(13-25-18)9-22(28)32-3/h12-13,24-25H,5-11H2,1-4H3. The number of nitrogens with one attached hydrogen (secondary N) is 2. The third-order valence-corrected chi connectivity index (χ3v) is 5.44. The number of aryl methyl sites for hydroxylation is 1. The summed E-state index contributed by atoms with van der Waals surface area (Å²) in [5.41, 5.74) is 4.68. The van der Waals surface area contributed by atoms with Gasteiger partial charge < -0.3 is 28.9 Å². The number of methoxy groups -OCH3 is 4. The lowest BCUT2D eigenvalue weighted by Gasteiger charge is -2.09. The lowest BCUT2D eigenvalue weighted by molar-refractivity contribution is -0.141. The Hall–Kier alpha value is -3.56. The van der Waals surface area contributed by atoms with Crippen molar-refractivity contribution in [1.82, 2.24) is 9.97 Å². The fraction of sp³-hybridized carbons (Fsp3) is 0.478. The Morgan fingerprint density at radius 2 is 1.12 bits per heavy atom. The van der Waals surface area contributed by atoms with Gasteiger partial charge in [-0.3, -0.25) is 19.2 Å². The van der Waals surface area contributed by atoms with Gasteiger partial charge in [-0.15, -0.1) is 0 Å². The summed E-state index contributed by atoms with van der Waals surface area (Å²) in [6.07, 6.45) is 5.10. The van der Waals surface area contributed by atoms with Gasteiger partial charge in [-0.1, -0.05) is 0 Å². The summed E-state index contributed by atoms with van der Waals surface area (Å²) >= 11 is 0. The summed E-state index contributed by atoms with van der Waals surface area (Å²) in [7, 11) is 5.28. The van der Waals surface area contributed by atoms with Crippen LogP contribution in [0, 0.1) is 0 Å². The lowest BCUT2D eigenvalue weighted by atomic mass is 9.97. The molecule has 0 aliphatic carbocycles. The summed E-state index contributed by atoms with van der Waals surface area (Å²) in [6.45, 7) is 0. The van der Waals surface area contributed by atoms with Gasteiger partial charge >= 0.3 is 23.9 Å². The first-order valence-electron chi connectivity index (χ1n) is 10.5. The van der Waals surface area contributed by atoms with E-state index in [2.05, 4.69) is 9.97 Å². The monoisotopic (exact) mass is 462 g/mol. The molecule has 0 unspecified atom stereocenters. The van der Waals surface area contributed by atoms with Gasteiger partial charge in [-0.2, -0.15) is 0 Å². The second-order valence-electron chi connectivity index (χ2n) is 7.38. The number of esters is 4. The fourth-order valence-corrected chi connectivity index (χ4v) is 3.60. The minimum absolute atomic E-state index is 0.0407. The molecule has 0 saturated carbocycles. The third-order valence-electron chi connectivity index (χ3n) is 5.44. The summed E-state index contributed by atoms with van der Waals surface area (Å²) < 4.78 is 19.1. The third kappa shape index (κ3) is 7.23. The van der Waals surface area contributed by atoms with Crippen LogP contribution >= 0.6 is 0 Å². The molecule has 10 heteroatoms. The van der Waals surface area contributed by atoms with Gasteiger partial charge in [0.2, 0.25) is 0 Å². The molecule has 0 aromatic carbocycles. The van der Waals surface area contributed by atoms with Crippen LogP contribution < -0.4 is 0 Å². The highest BCUT2D eigenvalue weighted by atomic mass is 16.5. The Morgan fingerprint density at radius 1 is 0.636 bits per heavy atom. The maximum absolute atomic E-state index is 12.0. The van der Waals surface area contributed by atoms with Crippen molar-refractivity contribution >= 4 is 23.9 Å². The van der Waals surface area contributed by atoms with Crippen LogP contribution in [0.3, 0.4) is 0 Å². The molecular weight excluding hydrogens is 432 g/mol. The van der Waals surface area contributed by atoms with E-state index in [1.54, 1.807) is 12.4 Å². The van der Waals surface area contributed by atoms with Crippen LogP contribution in [0.1, 0.15) is 46.5 Å². The molecule has 2 rings (SSSR count). The van der Waals surface area contributed by atoms with Crippen molar-refractivity contribution in [1.29, 1.82) is 0 Å². The van der Waals surface area contributed by atoms with E-state index in [0.717, 1.165) is 33.6 Å². The first-order chi connectivity index (χ1) is 15.8. The van der Waals surface area contributed by atoms with Crippen molar-refractivity contribution in [3.63, 3.8) is 0 Å². The molecule has 0 atom stereocenters. The van der Waals surface area contributed by atoms with Crippen molar-refractivity contribution in [2.45, 2.75) is 44.9 Å². The normalized spacial score (nSPS) is 10.5. The molecule has 0 amide bonds. The molecule has 0 spiro atoms. The number of hydrogen-bond acceptors (Lipinski definition) is 8. The quantitative estimate of drug-likeness (QED) is 0.358. The minimum Gasteiger partial charge on any atom is -0.469 e. The summed E-state index contributed by atoms with van der Waals surface area (Å²) in [5, 5.41) is 0. The number of aromatic amines is 2. The SMILES string of the molecule is COC(=O)CCc1c[nH]c(Cc2[nH]cc(CC(=O)OC)c2CCC(=O)OC)c1CC(=O)OC. The Bertz CT molecular complexity index is 989. The van der Waals surface area contributed by atoms with Crippen LogP contribution in [0.25, 0.3) is 0 Å². The Morgan fingerprint density at radius 3 is 1.70 bits per heavy atom. The molecule has 0 fully saturated rings. The van der Waals surface area contributed by atoms with Crippen LogP contribution in [-0.4, -0.2) is 62.3 Å². The predicted molar refractivity (Wildman–Crippen MR) is 117 cm³/mol. The zero-order valence-electron chi connectivity index (χ0n) is 19.4. The van der Waals surface area contributed by atoms with Crippen LogP contribution in [0.2, 0.25) is 0 Å². The molecule has 10 nitrogen and oxygen atoms in total. The van der Waals surface area contributed by atoms with Crippen molar-refractivity contribution < 1.29 is 38.1 Å². The van der Waals surface area contributed by atoms with Gasteiger partial charge in [0.25, 0.3) is 0 Å². The zero-order valence-corrected chi connectivity index (χ0v) is 19.4. The molecule has 2 aromatic rings. The molecule has 0 aliphatic heterocycles. The van der Waals surface area contributed by atoms with E-state index in [0.29, 0.717) is 19.3 Å². The first-order valence-corrected chi connectivity index (χ1v) is 10.5. The molecule has 180 valence electrons. The van der Waals surface area contributed by atoms with Crippen molar-refractivity contribution in [3.8, 4) is 0 Å². The molecular formula is C23H30N2O8. The van der Waals surface area contributed by atoms with E-state index in [1.165, 1.54) is 28.4 Å². The van der Waals surface area contributed by atoms with Gasteiger partial charge in [-0.25, -0.2) is 0 Å². The summed E-state index contributed by atoms with van der Waals surface area (Å²) in [4.78, 5) is 53.5. The molecule has 2 aromatic heterocycles. The number of carbonyl (C=O) groups excluding carboxylic acids is 4. The van der Waals surface area contributed by atoms with E-state index in [-0.39, 0.29) is 37.6 Å². The predicted octanol–water partition coefficient (Wildman–Crippen LogP) is 1.58. The average Bonchev–Trinajstić information content (AvgIpc) is 3.38. The number of aromatic nitrogens is 2. The number of hydrogen-bond donors (Lipinski definition) is 2. The van der Waals surface area contributed by atoms with Crippen molar-refractivity contribution in [2.75, 3.05) is 28.4 Å². The molecule has 0 radical (unpaired) electrons. The molecule has 0 saturated heterocycles. The molecule has 2 N–H and O–H groups in total. The largest absolute Gasteiger partial charge is 0.469 e. The lowest BCUT2D eigenvalue weighted by Crippen LogP contribution is -2.10. The highest BCUT2D eigenvalue weighted by molar-refractivity contribution is 5.75. The number of carbonyl (C=O) groups is 4. The van der Waals surface area contributed by atoms with Gasteiger partial charge in [0.15, 0.2) is 0 Å². The molecule has 0 bridgehead atoms. The minimum atomic E-state index is -0.404. The van der Waals surface area contributed by atoms with Gasteiger partial charge in [0.1, 0.15) is 0 Å². The van der Waals surface area contributed by atoms with Crippen LogP contribution in [-0.2, 0) is 70.2 Å². The van der Waals surface area contributed by atoms with Crippen LogP contribution in [0.4, 0.5) is 0 Å². The maximum atomic E-state index is 12.0. The van der Waals surface area contributed by atoms with Crippen molar-refractivity contribution in [3.05, 3.63) is 46.0 Å². The zero-order chi connectivity index (χ0) is 24.4. The number of H-pyrrole nitrogens is 2. The molecule has 0 aliphatic rings. The fourth-order valence-electron chi connectivity index (χ4n) is 3.60. The topological polar surface area (TPSA) is 137 Å². The smallest absolute Gasteiger partial charge is 0.310 e. The van der Waals surface area contributed by atoms with Crippen molar-refractivity contribution in [2.24, 2.45) is 0 Å². The second-order valence-corrected chi connectivity index (χ2v) is 7.38. The van der Waals surface area contributed by atoms with Gasteiger partial charge in [-0.05, 0) is 35.1 Å². The number of ether oxygens (including phenoxy) is 4. The average molecular weight is 462 g/mol. The van der Waals surface area contributed by atoms with E-state index in [1.807, 2.05) is 0 Å². The van der Waals surface area contributed by atoms with E-state index >= 15 is 0 Å². The molecule has 33 heavy (non-hydrogen) atoms. The van der Waals surface area contributed by atoms with Gasteiger partial charge in [0.05, 0.1) is 41.3 Å². The van der Waals surface area contributed by atoms with E-state index < -0.39 is 11.9 Å². The Labute approximate surface area is 191 Å².